The average Bonchev–Trinajstić information content (AvgIpc) is 2.65. The molecular weight excluding hydrogens is 400 g/mol. The van der Waals surface area contributed by atoms with Gasteiger partial charge in [-0.2, -0.15) is 0 Å². The molecule has 0 amide bonds. The van der Waals surface area contributed by atoms with Crippen LogP contribution < -0.4 is 10.1 Å². The molecular formula is C22H24N4O3S. The van der Waals surface area contributed by atoms with Crippen molar-refractivity contribution in [3.8, 4) is 17.0 Å². The largest absolute Gasteiger partial charge is 0.496 e. The van der Waals surface area contributed by atoms with E-state index in [1.54, 1.807) is 25.3 Å². The average molecular weight is 425 g/mol. The first-order chi connectivity index (χ1) is 14.1. The Balaban J connectivity index is 1.93. The van der Waals surface area contributed by atoms with Gasteiger partial charge >= 0.3 is 0 Å². The van der Waals surface area contributed by atoms with E-state index < -0.39 is 9.84 Å². The Morgan fingerprint density at radius 3 is 2.57 bits per heavy atom. The molecule has 3 rings (SSSR count). The monoisotopic (exact) mass is 424 g/mol. The lowest BCUT2D eigenvalue weighted by molar-refractivity contribution is 0.416. The fraction of sp³-hybridized carbons (Fsp3) is 0.227. The van der Waals surface area contributed by atoms with E-state index >= 15 is 0 Å². The van der Waals surface area contributed by atoms with E-state index in [2.05, 4.69) is 26.8 Å². The van der Waals surface area contributed by atoms with Gasteiger partial charge in [-0.3, -0.25) is 0 Å². The van der Waals surface area contributed by atoms with E-state index in [9.17, 15) is 8.42 Å². The molecule has 0 unspecified atom stereocenters. The van der Waals surface area contributed by atoms with Crippen LogP contribution in [0.4, 0.5) is 11.6 Å². The van der Waals surface area contributed by atoms with Crippen molar-refractivity contribution in [2.24, 2.45) is 0 Å². The van der Waals surface area contributed by atoms with Crippen molar-refractivity contribution in [3.63, 3.8) is 0 Å². The maximum Gasteiger partial charge on any atom is 0.151 e. The maximum absolute atomic E-state index is 11.6. The summed E-state index contributed by atoms with van der Waals surface area (Å²) >= 11 is 0. The van der Waals surface area contributed by atoms with Gasteiger partial charge < -0.3 is 10.1 Å². The molecule has 156 valence electrons. The van der Waals surface area contributed by atoms with Crippen molar-refractivity contribution < 1.29 is 13.2 Å². The molecule has 8 heteroatoms. The molecule has 0 bridgehead atoms. The van der Waals surface area contributed by atoms with Crippen molar-refractivity contribution in [2.75, 3.05) is 18.7 Å². The number of nitrogens with one attached hydrogen (secondary N) is 1. The predicted molar refractivity (Wildman–Crippen MR) is 120 cm³/mol. The number of methoxy groups -OCH3 is 1. The summed E-state index contributed by atoms with van der Waals surface area (Å²) in [6, 6.07) is 11.1. The summed E-state index contributed by atoms with van der Waals surface area (Å²) < 4.78 is 28.8. The molecule has 0 aliphatic heterocycles. The van der Waals surface area contributed by atoms with Crippen LogP contribution in [0, 0.1) is 6.92 Å². The third-order valence-electron chi connectivity index (χ3n) is 4.34. The fourth-order valence-electron chi connectivity index (χ4n) is 3.06. The van der Waals surface area contributed by atoms with Crippen molar-refractivity contribution >= 4 is 27.0 Å². The van der Waals surface area contributed by atoms with Crippen LogP contribution in [0.15, 0.2) is 49.3 Å². The van der Waals surface area contributed by atoms with Gasteiger partial charge in [0.05, 0.1) is 18.6 Å². The van der Waals surface area contributed by atoms with Gasteiger partial charge in [0.2, 0.25) is 0 Å². The second kappa shape index (κ2) is 8.62. The Labute approximate surface area is 176 Å². The molecule has 0 spiro atoms. The standard InChI is InChI=1S/C22H24N4O3S/c1-14(2)17-6-7-18(20(10-17)29-4)19-11-21(24-13-23-19)26-22-9-16(8-15(3)25-22)12-30(5,27)28/h6-11,13H,1,12H2,2-5H3,(H,23,24,25,26). The van der Waals surface area contributed by atoms with Crippen LogP contribution in [0.3, 0.4) is 0 Å². The van der Waals surface area contributed by atoms with Crippen LogP contribution in [-0.4, -0.2) is 36.7 Å². The molecule has 2 heterocycles. The lowest BCUT2D eigenvalue weighted by atomic mass is 10.0. The van der Waals surface area contributed by atoms with E-state index in [1.165, 1.54) is 12.6 Å². The highest BCUT2D eigenvalue weighted by atomic mass is 32.2. The Morgan fingerprint density at radius 1 is 1.13 bits per heavy atom. The van der Waals surface area contributed by atoms with Gasteiger partial charge in [-0.1, -0.05) is 18.2 Å². The minimum absolute atomic E-state index is 0.0493. The molecule has 3 aromatic rings. The minimum atomic E-state index is -3.14. The molecule has 0 aliphatic rings. The topological polar surface area (TPSA) is 94.1 Å². The molecule has 0 saturated heterocycles. The molecule has 2 aromatic heterocycles. The number of hydrogen-bond donors (Lipinski definition) is 1. The third-order valence-corrected chi connectivity index (χ3v) is 5.19. The summed E-state index contributed by atoms with van der Waals surface area (Å²) in [5.41, 5.74) is 4.82. The van der Waals surface area contributed by atoms with Gasteiger partial charge in [0.15, 0.2) is 9.84 Å². The SMILES string of the molecule is C=C(C)c1ccc(-c2cc(Nc3cc(CS(C)(=O)=O)cc(C)n3)ncn2)c(OC)c1. The number of benzene rings is 1. The van der Waals surface area contributed by atoms with E-state index in [1.807, 2.05) is 32.0 Å². The van der Waals surface area contributed by atoms with Crippen LogP contribution in [0.2, 0.25) is 0 Å². The zero-order chi connectivity index (χ0) is 21.9. The normalized spacial score (nSPS) is 11.2. The molecule has 7 nitrogen and oxygen atoms in total. The summed E-state index contributed by atoms with van der Waals surface area (Å²) in [7, 11) is -1.53. The predicted octanol–water partition coefficient (Wildman–Crippen LogP) is 4.18. The first kappa shape index (κ1) is 21.4. The summed E-state index contributed by atoms with van der Waals surface area (Å²) in [4.78, 5) is 13.1. The van der Waals surface area contributed by atoms with Gasteiger partial charge in [0.25, 0.3) is 0 Å². The van der Waals surface area contributed by atoms with Gasteiger partial charge in [-0.25, -0.2) is 23.4 Å². The number of sulfone groups is 1. The molecule has 1 N–H and O–H groups in total. The van der Waals surface area contributed by atoms with Crippen LogP contribution >= 0.6 is 0 Å². The summed E-state index contributed by atoms with van der Waals surface area (Å²) in [6.07, 6.45) is 2.66. The highest BCUT2D eigenvalue weighted by molar-refractivity contribution is 7.89. The second-order valence-electron chi connectivity index (χ2n) is 7.18. The van der Waals surface area contributed by atoms with Crippen molar-refractivity contribution in [1.29, 1.82) is 0 Å². The number of anilines is 2. The van der Waals surface area contributed by atoms with Gasteiger partial charge in [-0.15, -0.1) is 0 Å². The van der Waals surface area contributed by atoms with E-state index in [-0.39, 0.29) is 5.75 Å². The van der Waals surface area contributed by atoms with Crippen molar-refractivity contribution in [2.45, 2.75) is 19.6 Å². The Bertz CT molecular complexity index is 1210. The minimum Gasteiger partial charge on any atom is -0.496 e. The first-order valence-electron chi connectivity index (χ1n) is 9.23. The van der Waals surface area contributed by atoms with Crippen molar-refractivity contribution in [3.05, 3.63) is 66.1 Å². The lowest BCUT2D eigenvalue weighted by Crippen LogP contribution is -2.04. The van der Waals surface area contributed by atoms with E-state index in [0.29, 0.717) is 34.3 Å². The number of nitrogens with zero attached hydrogens (tertiary/aromatic N) is 3. The number of hydrogen-bond acceptors (Lipinski definition) is 7. The Kier molecular flexibility index (Phi) is 6.17. The number of allylic oxidation sites excluding steroid dienone is 1. The number of aryl methyl sites for hydroxylation is 1. The number of pyridine rings is 1. The van der Waals surface area contributed by atoms with E-state index in [4.69, 9.17) is 4.74 Å². The zero-order valence-electron chi connectivity index (χ0n) is 17.4. The number of rotatable bonds is 7. The molecule has 0 aliphatic carbocycles. The molecule has 0 fully saturated rings. The van der Waals surface area contributed by atoms with Crippen LogP contribution in [0.25, 0.3) is 16.8 Å². The molecule has 0 saturated carbocycles. The fourth-order valence-corrected chi connectivity index (χ4v) is 3.83. The molecule has 0 atom stereocenters. The number of ether oxygens (including phenoxy) is 1. The number of aromatic nitrogens is 3. The van der Waals surface area contributed by atoms with Gasteiger partial charge in [-0.05, 0) is 49.2 Å². The Morgan fingerprint density at radius 2 is 1.90 bits per heavy atom. The van der Waals surface area contributed by atoms with Crippen LogP contribution in [-0.2, 0) is 15.6 Å². The summed E-state index contributed by atoms with van der Waals surface area (Å²) in [5.74, 6) is 1.69. The lowest BCUT2D eigenvalue weighted by Gasteiger charge is -2.12. The van der Waals surface area contributed by atoms with Crippen LogP contribution in [0.1, 0.15) is 23.7 Å². The van der Waals surface area contributed by atoms with Crippen molar-refractivity contribution in [1.82, 2.24) is 15.0 Å². The zero-order valence-corrected chi connectivity index (χ0v) is 18.2. The highest BCUT2D eigenvalue weighted by Crippen LogP contribution is 2.32. The molecule has 1 aromatic carbocycles. The second-order valence-corrected chi connectivity index (χ2v) is 9.32. The Hall–Kier alpha value is -3.26. The third kappa shape index (κ3) is 5.42. The summed E-state index contributed by atoms with van der Waals surface area (Å²) in [6.45, 7) is 7.72. The quantitative estimate of drug-likeness (QED) is 0.608. The molecule has 0 radical (unpaired) electrons. The van der Waals surface area contributed by atoms with Gasteiger partial charge in [0, 0.05) is 23.6 Å². The maximum atomic E-state index is 11.6. The van der Waals surface area contributed by atoms with Gasteiger partial charge in [0.1, 0.15) is 23.7 Å². The van der Waals surface area contributed by atoms with Crippen LogP contribution in [0.5, 0.6) is 5.75 Å². The summed E-state index contributed by atoms with van der Waals surface area (Å²) in [5, 5.41) is 3.14. The first-order valence-corrected chi connectivity index (χ1v) is 11.3. The van der Waals surface area contributed by atoms with E-state index in [0.717, 1.165) is 16.7 Å². The molecule has 30 heavy (non-hydrogen) atoms. The smallest absolute Gasteiger partial charge is 0.151 e. The highest BCUT2D eigenvalue weighted by Gasteiger charge is 2.12.